The second kappa shape index (κ2) is 8.08. The van der Waals surface area contributed by atoms with E-state index in [1.54, 1.807) is 7.11 Å². The minimum atomic E-state index is -0.271. The average Bonchev–Trinajstić information content (AvgIpc) is 2.94. The molecule has 2 heterocycles. The molecule has 1 atom stereocenters. The maximum atomic E-state index is 12.7. The third-order valence-corrected chi connectivity index (χ3v) is 5.34. The Morgan fingerprint density at radius 1 is 1.08 bits per heavy atom. The SMILES string of the molecule is COc1ccc(N2CCN([C@@H]3CC(=O)N(CCC(C)C)C3=O)CC2)cc1. The molecule has 1 aromatic carbocycles. The van der Waals surface area contributed by atoms with Crippen molar-refractivity contribution < 1.29 is 14.3 Å². The van der Waals surface area contributed by atoms with Crippen molar-refractivity contribution in [2.75, 3.05) is 44.7 Å². The first-order valence-corrected chi connectivity index (χ1v) is 9.47. The lowest BCUT2D eigenvalue weighted by atomic mass is 10.1. The van der Waals surface area contributed by atoms with Crippen molar-refractivity contribution in [1.29, 1.82) is 0 Å². The molecule has 0 aliphatic carbocycles. The van der Waals surface area contributed by atoms with Crippen molar-refractivity contribution >= 4 is 17.5 Å². The molecule has 6 heteroatoms. The molecule has 0 saturated carbocycles. The molecule has 0 unspecified atom stereocenters. The molecular formula is C20H29N3O3. The van der Waals surface area contributed by atoms with Crippen molar-refractivity contribution in [2.24, 2.45) is 5.92 Å². The number of imide groups is 1. The quantitative estimate of drug-likeness (QED) is 0.727. The lowest BCUT2D eigenvalue weighted by Gasteiger charge is -2.38. The molecule has 1 aromatic rings. The highest BCUT2D eigenvalue weighted by atomic mass is 16.5. The zero-order valence-corrected chi connectivity index (χ0v) is 16.0. The zero-order chi connectivity index (χ0) is 18.7. The van der Waals surface area contributed by atoms with Gasteiger partial charge in [0.1, 0.15) is 5.75 Å². The van der Waals surface area contributed by atoms with Crippen LogP contribution in [0.4, 0.5) is 5.69 Å². The van der Waals surface area contributed by atoms with Crippen molar-refractivity contribution in [3.05, 3.63) is 24.3 Å². The Kier molecular flexibility index (Phi) is 5.81. The Balaban J connectivity index is 1.56. The number of anilines is 1. The number of nitrogens with zero attached hydrogens (tertiary/aromatic N) is 3. The summed E-state index contributed by atoms with van der Waals surface area (Å²) in [6.07, 6.45) is 1.20. The molecule has 2 aliphatic heterocycles. The van der Waals surface area contributed by atoms with Gasteiger partial charge in [0.25, 0.3) is 0 Å². The van der Waals surface area contributed by atoms with E-state index in [0.717, 1.165) is 44.0 Å². The summed E-state index contributed by atoms with van der Waals surface area (Å²) in [4.78, 5) is 30.9. The van der Waals surface area contributed by atoms with Gasteiger partial charge in [0.05, 0.1) is 19.6 Å². The van der Waals surface area contributed by atoms with Gasteiger partial charge in [-0.25, -0.2) is 0 Å². The average molecular weight is 359 g/mol. The number of rotatable bonds is 6. The summed E-state index contributed by atoms with van der Waals surface area (Å²) in [6.45, 7) is 8.09. The van der Waals surface area contributed by atoms with E-state index >= 15 is 0 Å². The molecule has 0 aromatic heterocycles. The van der Waals surface area contributed by atoms with Crippen LogP contribution in [0.15, 0.2) is 24.3 Å². The highest BCUT2D eigenvalue weighted by Crippen LogP contribution is 2.24. The van der Waals surface area contributed by atoms with Crippen molar-refractivity contribution in [1.82, 2.24) is 9.80 Å². The fourth-order valence-corrected chi connectivity index (χ4v) is 3.66. The van der Waals surface area contributed by atoms with E-state index in [2.05, 4.69) is 35.8 Å². The van der Waals surface area contributed by atoms with Crippen LogP contribution in [-0.4, -0.2) is 67.5 Å². The molecule has 0 bridgehead atoms. The van der Waals surface area contributed by atoms with Gasteiger partial charge >= 0.3 is 0 Å². The van der Waals surface area contributed by atoms with E-state index in [1.807, 2.05) is 12.1 Å². The molecule has 26 heavy (non-hydrogen) atoms. The molecule has 2 saturated heterocycles. The number of benzene rings is 1. The molecule has 0 radical (unpaired) electrons. The summed E-state index contributed by atoms with van der Waals surface area (Å²) in [5, 5.41) is 0. The standard InChI is InChI=1S/C20H29N3O3/c1-15(2)8-9-23-19(24)14-18(20(23)25)22-12-10-21(11-13-22)16-4-6-17(26-3)7-5-16/h4-7,15,18H,8-14H2,1-3H3/t18-/m1/s1. The van der Waals surface area contributed by atoms with Crippen LogP contribution >= 0.6 is 0 Å². The molecule has 0 spiro atoms. The smallest absolute Gasteiger partial charge is 0.247 e. The number of ether oxygens (including phenoxy) is 1. The summed E-state index contributed by atoms with van der Waals surface area (Å²) in [7, 11) is 1.66. The van der Waals surface area contributed by atoms with Gasteiger partial charge in [-0.2, -0.15) is 0 Å². The van der Waals surface area contributed by atoms with Crippen LogP contribution in [0.3, 0.4) is 0 Å². The molecule has 6 nitrogen and oxygen atoms in total. The largest absolute Gasteiger partial charge is 0.497 e. The van der Waals surface area contributed by atoms with Crippen LogP contribution in [0, 0.1) is 5.92 Å². The molecule has 3 rings (SSSR count). The molecule has 2 amide bonds. The minimum Gasteiger partial charge on any atom is -0.497 e. The number of methoxy groups -OCH3 is 1. The van der Waals surface area contributed by atoms with Gasteiger partial charge in [-0.05, 0) is 36.6 Å². The van der Waals surface area contributed by atoms with Gasteiger partial charge in [0, 0.05) is 38.4 Å². The first-order valence-electron chi connectivity index (χ1n) is 9.47. The summed E-state index contributed by atoms with van der Waals surface area (Å²) in [5.74, 6) is 1.32. The third kappa shape index (κ3) is 4.01. The summed E-state index contributed by atoms with van der Waals surface area (Å²) in [6, 6.07) is 7.78. The molecular weight excluding hydrogens is 330 g/mol. The van der Waals surface area contributed by atoms with Gasteiger partial charge in [0.2, 0.25) is 11.8 Å². The fraction of sp³-hybridized carbons (Fsp3) is 0.600. The molecule has 2 fully saturated rings. The van der Waals surface area contributed by atoms with E-state index in [4.69, 9.17) is 4.74 Å². The number of likely N-dealkylation sites (tertiary alicyclic amines) is 1. The molecule has 2 aliphatic rings. The Labute approximate surface area is 155 Å². The first kappa shape index (κ1) is 18.7. The normalized spacial score (nSPS) is 21.8. The van der Waals surface area contributed by atoms with Gasteiger partial charge in [0.15, 0.2) is 0 Å². The van der Waals surface area contributed by atoms with E-state index in [1.165, 1.54) is 4.90 Å². The minimum absolute atomic E-state index is 0.00597. The van der Waals surface area contributed by atoms with Gasteiger partial charge in [-0.3, -0.25) is 19.4 Å². The van der Waals surface area contributed by atoms with Crippen LogP contribution in [0.25, 0.3) is 0 Å². The van der Waals surface area contributed by atoms with E-state index < -0.39 is 0 Å². The van der Waals surface area contributed by atoms with E-state index in [-0.39, 0.29) is 17.9 Å². The number of hydrogen-bond acceptors (Lipinski definition) is 5. The number of carbonyl (C=O) groups excluding carboxylic acids is 2. The first-order chi connectivity index (χ1) is 12.5. The van der Waals surface area contributed by atoms with Gasteiger partial charge in [-0.15, -0.1) is 0 Å². The monoisotopic (exact) mass is 359 g/mol. The van der Waals surface area contributed by atoms with Gasteiger partial charge < -0.3 is 9.64 Å². The van der Waals surface area contributed by atoms with Crippen LogP contribution < -0.4 is 9.64 Å². The van der Waals surface area contributed by atoms with Gasteiger partial charge in [-0.1, -0.05) is 13.8 Å². The predicted octanol–water partition coefficient (Wildman–Crippen LogP) is 1.99. The number of piperazine rings is 1. The molecule has 0 N–H and O–H groups in total. The van der Waals surface area contributed by atoms with Crippen molar-refractivity contribution in [2.45, 2.75) is 32.7 Å². The maximum Gasteiger partial charge on any atom is 0.247 e. The Morgan fingerprint density at radius 3 is 2.31 bits per heavy atom. The lowest BCUT2D eigenvalue weighted by molar-refractivity contribution is -0.139. The highest BCUT2D eigenvalue weighted by Gasteiger charge is 2.42. The highest BCUT2D eigenvalue weighted by molar-refractivity contribution is 6.05. The predicted molar refractivity (Wildman–Crippen MR) is 101 cm³/mol. The summed E-state index contributed by atoms with van der Waals surface area (Å²) >= 11 is 0. The summed E-state index contributed by atoms with van der Waals surface area (Å²) in [5.41, 5.74) is 1.16. The van der Waals surface area contributed by atoms with Crippen LogP contribution in [0.1, 0.15) is 26.7 Å². The van der Waals surface area contributed by atoms with E-state index in [9.17, 15) is 9.59 Å². The van der Waals surface area contributed by atoms with Crippen LogP contribution in [0.5, 0.6) is 5.75 Å². The number of hydrogen-bond donors (Lipinski definition) is 0. The zero-order valence-electron chi connectivity index (χ0n) is 16.0. The fourth-order valence-electron chi connectivity index (χ4n) is 3.66. The topological polar surface area (TPSA) is 53.1 Å². The van der Waals surface area contributed by atoms with E-state index in [0.29, 0.717) is 18.9 Å². The van der Waals surface area contributed by atoms with Crippen LogP contribution in [-0.2, 0) is 9.59 Å². The van der Waals surface area contributed by atoms with Crippen molar-refractivity contribution in [3.63, 3.8) is 0 Å². The van der Waals surface area contributed by atoms with Crippen molar-refractivity contribution in [3.8, 4) is 5.75 Å². The number of amides is 2. The Hall–Kier alpha value is -2.08. The maximum absolute atomic E-state index is 12.7. The van der Waals surface area contributed by atoms with Crippen LogP contribution in [0.2, 0.25) is 0 Å². The summed E-state index contributed by atoms with van der Waals surface area (Å²) < 4.78 is 5.21. The Morgan fingerprint density at radius 2 is 1.73 bits per heavy atom. The second-order valence-corrected chi connectivity index (χ2v) is 7.51. The molecule has 142 valence electrons. The second-order valence-electron chi connectivity index (χ2n) is 7.51. The Bertz CT molecular complexity index is 636. The number of carbonyl (C=O) groups is 2. The third-order valence-electron chi connectivity index (χ3n) is 5.34. The lowest BCUT2D eigenvalue weighted by Crippen LogP contribution is -2.52.